The summed E-state index contributed by atoms with van der Waals surface area (Å²) in [5.74, 6) is 2.62. The van der Waals surface area contributed by atoms with Gasteiger partial charge in [-0.3, -0.25) is 4.90 Å². The van der Waals surface area contributed by atoms with Crippen molar-refractivity contribution in [1.29, 1.82) is 0 Å². The lowest BCUT2D eigenvalue weighted by Crippen LogP contribution is -2.33. The van der Waals surface area contributed by atoms with Gasteiger partial charge in [-0.1, -0.05) is 12.8 Å². The largest absolute Gasteiger partial charge is 0.345 e. The van der Waals surface area contributed by atoms with Gasteiger partial charge in [0.1, 0.15) is 0 Å². The second-order valence-corrected chi connectivity index (χ2v) is 3.48. The van der Waals surface area contributed by atoms with Crippen LogP contribution in [0.5, 0.6) is 0 Å². The molecular formula is C10H17F2NO. The van der Waals surface area contributed by atoms with E-state index in [0.29, 0.717) is 6.54 Å². The van der Waals surface area contributed by atoms with Crippen molar-refractivity contribution >= 4 is 0 Å². The first-order valence-electron chi connectivity index (χ1n) is 4.53. The zero-order chi connectivity index (χ0) is 11.1. The summed E-state index contributed by atoms with van der Waals surface area (Å²) in [6, 6.07) is 0.0176. The van der Waals surface area contributed by atoms with E-state index in [4.69, 9.17) is 6.42 Å². The molecule has 0 fully saturated rings. The lowest BCUT2D eigenvalue weighted by molar-refractivity contribution is -0.138. The number of hydrogen-bond acceptors (Lipinski definition) is 2. The summed E-state index contributed by atoms with van der Waals surface area (Å²) in [4.78, 5) is 1.93. The van der Waals surface area contributed by atoms with Crippen LogP contribution in [0.3, 0.4) is 0 Å². The van der Waals surface area contributed by atoms with Gasteiger partial charge in [0.15, 0.2) is 0 Å². The Morgan fingerprint density at radius 1 is 1.43 bits per heavy atom. The van der Waals surface area contributed by atoms with Crippen LogP contribution in [0.4, 0.5) is 8.78 Å². The standard InChI is InChI=1S/C10H17F2NO/c1-5-9(3)13(4)6-8(2)7-14-10(11)12/h1,8-10H,6-7H2,2-4H3/t8?,9-/m1/s1. The molecule has 0 N–H and O–H groups in total. The van der Waals surface area contributed by atoms with Crippen molar-refractivity contribution in [2.45, 2.75) is 26.5 Å². The van der Waals surface area contributed by atoms with Crippen LogP contribution in [0.15, 0.2) is 0 Å². The summed E-state index contributed by atoms with van der Waals surface area (Å²) in [6.45, 7) is 1.76. The van der Waals surface area contributed by atoms with E-state index < -0.39 is 6.61 Å². The molecule has 0 aliphatic heterocycles. The second kappa shape index (κ2) is 6.74. The van der Waals surface area contributed by atoms with E-state index in [0.717, 1.165) is 0 Å². The fourth-order valence-electron chi connectivity index (χ4n) is 1.07. The summed E-state index contributed by atoms with van der Waals surface area (Å²) in [7, 11) is 1.86. The van der Waals surface area contributed by atoms with Crippen molar-refractivity contribution in [1.82, 2.24) is 4.90 Å². The SMILES string of the molecule is C#C[C@@H](C)N(C)CC(C)COC(F)F. The molecule has 0 aromatic rings. The van der Waals surface area contributed by atoms with Crippen LogP contribution < -0.4 is 0 Å². The van der Waals surface area contributed by atoms with Crippen molar-refractivity contribution in [2.24, 2.45) is 5.92 Å². The highest BCUT2D eigenvalue weighted by atomic mass is 19.3. The summed E-state index contributed by atoms with van der Waals surface area (Å²) >= 11 is 0. The van der Waals surface area contributed by atoms with Crippen LogP contribution in [0.2, 0.25) is 0 Å². The van der Waals surface area contributed by atoms with E-state index in [1.54, 1.807) is 0 Å². The van der Waals surface area contributed by atoms with Gasteiger partial charge in [0, 0.05) is 6.54 Å². The monoisotopic (exact) mass is 205 g/mol. The molecule has 0 radical (unpaired) electrons. The number of nitrogens with zero attached hydrogens (tertiary/aromatic N) is 1. The molecule has 0 saturated carbocycles. The number of hydrogen-bond donors (Lipinski definition) is 0. The number of alkyl halides is 2. The molecule has 0 rings (SSSR count). The molecule has 0 aromatic heterocycles. The minimum atomic E-state index is -2.69. The molecule has 0 aliphatic rings. The van der Waals surface area contributed by atoms with Gasteiger partial charge in [-0.25, -0.2) is 0 Å². The van der Waals surface area contributed by atoms with Crippen LogP contribution in [-0.2, 0) is 4.74 Å². The van der Waals surface area contributed by atoms with Crippen LogP contribution in [-0.4, -0.2) is 37.8 Å². The van der Waals surface area contributed by atoms with E-state index in [-0.39, 0.29) is 18.6 Å². The zero-order valence-corrected chi connectivity index (χ0v) is 8.84. The third-order valence-electron chi connectivity index (χ3n) is 2.01. The van der Waals surface area contributed by atoms with Crippen LogP contribution in [0, 0.1) is 18.3 Å². The maximum Gasteiger partial charge on any atom is 0.345 e. The van der Waals surface area contributed by atoms with Crippen molar-refractivity contribution in [3.8, 4) is 12.3 Å². The highest BCUT2D eigenvalue weighted by Gasteiger charge is 2.12. The van der Waals surface area contributed by atoms with Crippen molar-refractivity contribution in [2.75, 3.05) is 20.2 Å². The number of ether oxygens (including phenoxy) is 1. The van der Waals surface area contributed by atoms with Gasteiger partial charge in [-0.2, -0.15) is 8.78 Å². The number of halogens is 2. The zero-order valence-electron chi connectivity index (χ0n) is 8.84. The Labute approximate surface area is 84.2 Å². The molecule has 82 valence electrons. The van der Waals surface area contributed by atoms with Gasteiger partial charge in [0.2, 0.25) is 0 Å². The van der Waals surface area contributed by atoms with Crippen molar-refractivity contribution in [3.05, 3.63) is 0 Å². The molecule has 0 spiro atoms. The summed E-state index contributed by atoms with van der Waals surface area (Å²) in [6.07, 6.45) is 5.23. The molecule has 14 heavy (non-hydrogen) atoms. The first kappa shape index (κ1) is 13.3. The topological polar surface area (TPSA) is 12.5 Å². The Bertz CT molecular complexity index is 191. The van der Waals surface area contributed by atoms with E-state index in [2.05, 4.69) is 10.7 Å². The maximum atomic E-state index is 11.7. The first-order valence-corrected chi connectivity index (χ1v) is 4.53. The molecule has 2 atom stereocenters. The lowest BCUT2D eigenvalue weighted by Gasteiger charge is -2.23. The van der Waals surface area contributed by atoms with Crippen LogP contribution in [0.1, 0.15) is 13.8 Å². The minimum Gasteiger partial charge on any atom is -0.323 e. The lowest BCUT2D eigenvalue weighted by atomic mass is 10.1. The predicted molar refractivity (Wildman–Crippen MR) is 52.0 cm³/mol. The normalized spacial score (nSPS) is 15.6. The summed E-state index contributed by atoms with van der Waals surface area (Å²) < 4.78 is 27.6. The van der Waals surface area contributed by atoms with E-state index >= 15 is 0 Å². The molecule has 0 bridgehead atoms. The average Bonchev–Trinajstić information content (AvgIpc) is 2.13. The van der Waals surface area contributed by atoms with E-state index in [9.17, 15) is 8.78 Å². The Morgan fingerprint density at radius 3 is 2.43 bits per heavy atom. The molecule has 4 heteroatoms. The number of terminal acetylenes is 1. The van der Waals surface area contributed by atoms with E-state index in [1.165, 1.54) is 0 Å². The Morgan fingerprint density at radius 2 is 2.00 bits per heavy atom. The van der Waals surface area contributed by atoms with Gasteiger partial charge in [0.05, 0.1) is 12.6 Å². The molecule has 0 heterocycles. The van der Waals surface area contributed by atoms with Gasteiger partial charge in [-0.15, -0.1) is 6.42 Å². The molecule has 2 nitrogen and oxygen atoms in total. The maximum absolute atomic E-state index is 11.7. The third kappa shape index (κ3) is 5.90. The quantitative estimate of drug-likeness (QED) is 0.613. The molecule has 0 saturated heterocycles. The fourth-order valence-corrected chi connectivity index (χ4v) is 1.07. The fraction of sp³-hybridized carbons (Fsp3) is 0.800. The van der Waals surface area contributed by atoms with Crippen LogP contribution in [0.25, 0.3) is 0 Å². The Kier molecular flexibility index (Phi) is 6.43. The van der Waals surface area contributed by atoms with Crippen LogP contribution >= 0.6 is 0 Å². The Hall–Kier alpha value is -0.660. The molecule has 0 amide bonds. The molecule has 1 unspecified atom stereocenters. The van der Waals surface area contributed by atoms with Gasteiger partial charge < -0.3 is 4.74 Å². The minimum absolute atomic E-state index is 0.0176. The first-order chi connectivity index (χ1) is 6.47. The van der Waals surface area contributed by atoms with Gasteiger partial charge in [0.25, 0.3) is 0 Å². The van der Waals surface area contributed by atoms with E-state index in [1.807, 2.05) is 25.8 Å². The van der Waals surface area contributed by atoms with Gasteiger partial charge >= 0.3 is 6.61 Å². The second-order valence-electron chi connectivity index (χ2n) is 3.48. The molecular weight excluding hydrogens is 188 g/mol. The predicted octanol–water partition coefficient (Wildman–Crippen LogP) is 1.82. The van der Waals surface area contributed by atoms with Crippen molar-refractivity contribution < 1.29 is 13.5 Å². The third-order valence-corrected chi connectivity index (χ3v) is 2.01. The molecule has 0 aromatic carbocycles. The average molecular weight is 205 g/mol. The smallest absolute Gasteiger partial charge is 0.323 e. The summed E-state index contributed by atoms with van der Waals surface area (Å²) in [5, 5.41) is 0. The Balaban J connectivity index is 3.72. The van der Waals surface area contributed by atoms with Crippen molar-refractivity contribution in [3.63, 3.8) is 0 Å². The molecule has 0 aliphatic carbocycles. The highest BCUT2D eigenvalue weighted by molar-refractivity contribution is 4.96. The highest BCUT2D eigenvalue weighted by Crippen LogP contribution is 2.05. The number of rotatable bonds is 6. The summed E-state index contributed by atoms with van der Waals surface area (Å²) in [5.41, 5.74) is 0. The van der Waals surface area contributed by atoms with Gasteiger partial charge in [-0.05, 0) is 19.9 Å².